The smallest absolute Gasteiger partial charge is 0.318 e. The highest BCUT2D eigenvalue weighted by Crippen LogP contribution is 2.35. The molecule has 0 aliphatic heterocycles. The van der Waals surface area contributed by atoms with E-state index in [4.69, 9.17) is 10.2 Å². The Morgan fingerprint density at radius 1 is 1.36 bits per heavy atom. The molecule has 0 aromatic rings. The predicted molar refractivity (Wildman–Crippen MR) is 49.7 cm³/mol. The van der Waals surface area contributed by atoms with Gasteiger partial charge in [-0.25, -0.2) is 0 Å². The van der Waals surface area contributed by atoms with Crippen LogP contribution in [0.2, 0.25) is 0 Å². The SMILES string of the molecule is C=CC1(C(=O)O)C=CC=CC1C(=O)O. The number of aliphatic carboxylic acids is 2. The third-order valence-corrected chi connectivity index (χ3v) is 2.28. The van der Waals surface area contributed by atoms with Crippen molar-refractivity contribution in [3.63, 3.8) is 0 Å². The maximum Gasteiger partial charge on any atom is 0.318 e. The van der Waals surface area contributed by atoms with E-state index in [-0.39, 0.29) is 0 Å². The van der Waals surface area contributed by atoms with Gasteiger partial charge in [0.1, 0.15) is 5.41 Å². The fourth-order valence-electron chi connectivity index (χ4n) is 1.43. The van der Waals surface area contributed by atoms with Gasteiger partial charge in [0, 0.05) is 0 Å². The Bertz CT molecular complexity index is 340. The van der Waals surface area contributed by atoms with Crippen LogP contribution in [0, 0.1) is 11.3 Å². The van der Waals surface area contributed by atoms with Gasteiger partial charge < -0.3 is 10.2 Å². The first-order valence-corrected chi connectivity index (χ1v) is 4.00. The first-order chi connectivity index (χ1) is 6.54. The zero-order valence-electron chi connectivity index (χ0n) is 7.38. The van der Waals surface area contributed by atoms with Crippen LogP contribution >= 0.6 is 0 Å². The van der Waals surface area contributed by atoms with Crippen LogP contribution in [0.5, 0.6) is 0 Å². The number of hydrogen-bond acceptors (Lipinski definition) is 2. The normalized spacial score (nSPS) is 29.9. The number of rotatable bonds is 3. The van der Waals surface area contributed by atoms with Gasteiger partial charge in [-0.3, -0.25) is 9.59 Å². The molecular weight excluding hydrogens is 184 g/mol. The van der Waals surface area contributed by atoms with Crippen LogP contribution in [0.25, 0.3) is 0 Å². The van der Waals surface area contributed by atoms with Crippen molar-refractivity contribution >= 4 is 11.9 Å². The molecule has 0 saturated carbocycles. The highest BCUT2D eigenvalue weighted by atomic mass is 16.4. The average Bonchev–Trinajstić information content (AvgIpc) is 2.17. The van der Waals surface area contributed by atoms with E-state index in [2.05, 4.69) is 6.58 Å². The highest BCUT2D eigenvalue weighted by Gasteiger charge is 2.44. The molecule has 0 fully saturated rings. The molecule has 74 valence electrons. The van der Waals surface area contributed by atoms with E-state index in [0.717, 1.165) is 6.08 Å². The number of carboxylic acid groups (broad SMARTS) is 2. The molecule has 0 aromatic carbocycles. The Morgan fingerprint density at radius 3 is 2.36 bits per heavy atom. The zero-order chi connectivity index (χ0) is 10.8. The fourth-order valence-corrected chi connectivity index (χ4v) is 1.43. The zero-order valence-corrected chi connectivity index (χ0v) is 7.38. The van der Waals surface area contributed by atoms with E-state index in [0.29, 0.717) is 0 Å². The standard InChI is InChI=1S/C10H10O4/c1-2-10(9(13)14)6-4-3-5-7(10)8(11)12/h2-7H,1H2,(H,11,12)(H,13,14). The van der Waals surface area contributed by atoms with Gasteiger partial charge in [-0.1, -0.05) is 30.4 Å². The molecule has 0 amide bonds. The van der Waals surface area contributed by atoms with Gasteiger partial charge in [0.05, 0.1) is 5.92 Å². The summed E-state index contributed by atoms with van der Waals surface area (Å²) in [6.07, 6.45) is 6.85. The van der Waals surface area contributed by atoms with Crippen LogP contribution in [0.3, 0.4) is 0 Å². The second-order valence-corrected chi connectivity index (χ2v) is 3.00. The highest BCUT2D eigenvalue weighted by molar-refractivity contribution is 5.89. The largest absolute Gasteiger partial charge is 0.481 e. The molecule has 0 saturated heterocycles. The van der Waals surface area contributed by atoms with E-state index in [9.17, 15) is 9.59 Å². The first kappa shape index (κ1) is 10.2. The van der Waals surface area contributed by atoms with Crippen LogP contribution in [-0.4, -0.2) is 22.2 Å². The lowest BCUT2D eigenvalue weighted by molar-refractivity contribution is -0.154. The lowest BCUT2D eigenvalue weighted by Crippen LogP contribution is -2.39. The predicted octanol–water partition coefficient (Wildman–Crippen LogP) is 1.07. The van der Waals surface area contributed by atoms with Crippen molar-refractivity contribution in [2.75, 3.05) is 0 Å². The molecule has 2 atom stereocenters. The molecular formula is C10H10O4. The third-order valence-electron chi connectivity index (χ3n) is 2.28. The maximum absolute atomic E-state index is 11.0. The van der Waals surface area contributed by atoms with Crippen LogP contribution in [0.1, 0.15) is 0 Å². The summed E-state index contributed by atoms with van der Waals surface area (Å²) in [6.45, 7) is 3.38. The molecule has 1 rings (SSSR count). The van der Waals surface area contributed by atoms with Gasteiger partial charge in [-0.05, 0) is 0 Å². The van der Waals surface area contributed by atoms with Crippen LogP contribution in [0.15, 0.2) is 37.0 Å². The van der Waals surface area contributed by atoms with Gasteiger partial charge in [0.2, 0.25) is 0 Å². The molecule has 14 heavy (non-hydrogen) atoms. The van der Waals surface area contributed by atoms with Crippen molar-refractivity contribution in [3.05, 3.63) is 37.0 Å². The van der Waals surface area contributed by atoms with Gasteiger partial charge in [-0.15, -0.1) is 6.58 Å². The van der Waals surface area contributed by atoms with Crippen LogP contribution in [0.4, 0.5) is 0 Å². The molecule has 0 aromatic heterocycles. The van der Waals surface area contributed by atoms with Crippen LogP contribution in [-0.2, 0) is 9.59 Å². The van der Waals surface area contributed by atoms with Crippen molar-refractivity contribution in [3.8, 4) is 0 Å². The first-order valence-electron chi connectivity index (χ1n) is 4.00. The lowest BCUT2D eigenvalue weighted by atomic mass is 9.73. The molecule has 4 nitrogen and oxygen atoms in total. The van der Waals surface area contributed by atoms with Gasteiger partial charge in [-0.2, -0.15) is 0 Å². The van der Waals surface area contributed by atoms with E-state index in [1.807, 2.05) is 0 Å². The number of hydrogen-bond donors (Lipinski definition) is 2. The number of allylic oxidation sites excluding steroid dienone is 2. The van der Waals surface area contributed by atoms with Crippen molar-refractivity contribution in [1.29, 1.82) is 0 Å². The molecule has 0 heterocycles. The second-order valence-electron chi connectivity index (χ2n) is 3.00. The minimum absolute atomic E-state index is 1.09. The Labute approximate surface area is 80.9 Å². The van der Waals surface area contributed by atoms with Crippen molar-refractivity contribution in [2.45, 2.75) is 0 Å². The van der Waals surface area contributed by atoms with Gasteiger partial charge in [0.15, 0.2) is 0 Å². The molecule has 2 N–H and O–H groups in total. The molecule has 2 unspecified atom stereocenters. The summed E-state index contributed by atoms with van der Waals surface area (Å²) in [5.41, 5.74) is -1.53. The Hall–Kier alpha value is -1.84. The summed E-state index contributed by atoms with van der Waals surface area (Å²) in [5, 5.41) is 17.8. The summed E-state index contributed by atoms with van der Waals surface area (Å²) in [4.78, 5) is 21.8. The minimum atomic E-state index is -1.53. The summed E-state index contributed by atoms with van der Waals surface area (Å²) >= 11 is 0. The Balaban J connectivity index is 3.22. The second kappa shape index (κ2) is 3.49. The maximum atomic E-state index is 11.0. The van der Waals surface area contributed by atoms with Crippen molar-refractivity contribution in [2.24, 2.45) is 11.3 Å². The quantitative estimate of drug-likeness (QED) is 0.659. The fraction of sp³-hybridized carbons (Fsp3) is 0.200. The minimum Gasteiger partial charge on any atom is -0.481 e. The number of carbonyl (C=O) groups is 2. The monoisotopic (exact) mass is 194 g/mol. The summed E-state index contributed by atoms with van der Waals surface area (Å²) in [5.74, 6) is -3.48. The Kier molecular flexibility index (Phi) is 2.56. The van der Waals surface area contributed by atoms with E-state index in [1.54, 1.807) is 0 Å². The average molecular weight is 194 g/mol. The molecule has 4 heteroatoms. The van der Waals surface area contributed by atoms with Gasteiger partial charge >= 0.3 is 11.9 Å². The third kappa shape index (κ3) is 1.35. The topological polar surface area (TPSA) is 74.6 Å². The summed E-state index contributed by atoms with van der Waals surface area (Å²) < 4.78 is 0. The summed E-state index contributed by atoms with van der Waals surface area (Å²) in [7, 11) is 0. The Morgan fingerprint density at radius 2 is 2.00 bits per heavy atom. The number of carboxylic acids is 2. The van der Waals surface area contributed by atoms with Crippen molar-refractivity contribution < 1.29 is 19.8 Å². The van der Waals surface area contributed by atoms with E-state index in [1.165, 1.54) is 24.3 Å². The molecule has 0 spiro atoms. The molecule has 0 bridgehead atoms. The van der Waals surface area contributed by atoms with Gasteiger partial charge in [0.25, 0.3) is 0 Å². The molecule has 1 aliphatic carbocycles. The molecule has 1 aliphatic rings. The van der Waals surface area contributed by atoms with E-state index < -0.39 is 23.3 Å². The van der Waals surface area contributed by atoms with E-state index >= 15 is 0 Å². The van der Waals surface area contributed by atoms with Crippen LogP contribution < -0.4 is 0 Å². The summed E-state index contributed by atoms with van der Waals surface area (Å²) in [6, 6.07) is 0. The van der Waals surface area contributed by atoms with Crippen molar-refractivity contribution in [1.82, 2.24) is 0 Å². The molecule has 0 radical (unpaired) electrons. The lowest BCUT2D eigenvalue weighted by Gasteiger charge is -2.28.